The first-order chi connectivity index (χ1) is 5.96. The second-order valence-corrected chi connectivity index (χ2v) is 5.94. The molecule has 4 heteroatoms. The van der Waals surface area contributed by atoms with Gasteiger partial charge in [0.1, 0.15) is 0 Å². The Labute approximate surface area is 79.2 Å². The lowest BCUT2D eigenvalue weighted by atomic mass is 10.1. The van der Waals surface area contributed by atoms with Crippen molar-refractivity contribution in [3.05, 3.63) is 22.8 Å². The van der Waals surface area contributed by atoms with Crippen LogP contribution in [0.5, 0.6) is 0 Å². The van der Waals surface area contributed by atoms with E-state index in [0.717, 1.165) is 6.42 Å². The van der Waals surface area contributed by atoms with Gasteiger partial charge in [0.25, 0.3) is 0 Å². The zero-order chi connectivity index (χ0) is 10.1. The van der Waals surface area contributed by atoms with E-state index >= 15 is 0 Å². The van der Waals surface area contributed by atoms with Gasteiger partial charge in [-0.15, -0.1) is 0 Å². The Morgan fingerprint density at radius 3 is 2.54 bits per heavy atom. The van der Waals surface area contributed by atoms with Crippen LogP contribution in [0.1, 0.15) is 26.7 Å². The van der Waals surface area contributed by atoms with Crippen LogP contribution in [0.25, 0.3) is 0 Å². The number of allylic oxidation sites excluding steroid dienone is 3. The van der Waals surface area contributed by atoms with Crippen LogP contribution >= 0.6 is 0 Å². The van der Waals surface area contributed by atoms with E-state index in [0.29, 0.717) is 17.0 Å². The lowest BCUT2D eigenvalue weighted by molar-refractivity contribution is 0.591. The normalized spacial score (nSPS) is 18.4. The molecular weight excluding hydrogens is 186 g/mol. The fourth-order valence-corrected chi connectivity index (χ4v) is 2.62. The Kier molecular flexibility index (Phi) is 2.81. The van der Waals surface area contributed by atoms with Gasteiger partial charge in [-0.3, -0.25) is 0 Å². The fourth-order valence-electron chi connectivity index (χ4n) is 1.25. The molecule has 0 heterocycles. The Balaban J connectivity index is 3.15. The quantitative estimate of drug-likeness (QED) is 0.733. The molecule has 0 spiro atoms. The van der Waals surface area contributed by atoms with Crippen LogP contribution in [-0.2, 0) is 9.84 Å². The minimum absolute atomic E-state index is 0.382. The third-order valence-electron chi connectivity index (χ3n) is 2.12. The van der Waals surface area contributed by atoms with E-state index in [1.165, 1.54) is 0 Å². The van der Waals surface area contributed by atoms with E-state index in [2.05, 4.69) is 0 Å². The van der Waals surface area contributed by atoms with Crippen molar-refractivity contribution in [3.8, 4) is 0 Å². The maximum Gasteiger partial charge on any atom is 0.178 e. The molecule has 0 aromatic heterocycles. The molecule has 1 aliphatic rings. The van der Waals surface area contributed by atoms with E-state index in [4.69, 9.17) is 5.73 Å². The molecule has 0 radical (unpaired) electrons. The summed E-state index contributed by atoms with van der Waals surface area (Å²) in [5.41, 5.74) is 6.02. The van der Waals surface area contributed by atoms with Crippen molar-refractivity contribution in [1.29, 1.82) is 0 Å². The standard InChI is InChI=1S/C9H15NO2S/c1-7(2)13(11,12)9-6-4-3-5-8(9)10/h3,5,7H,4,6,10H2,1-2H3. The largest absolute Gasteiger partial charge is 0.398 e. The van der Waals surface area contributed by atoms with Crippen LogP contribution in [0.2, 0.25) is 0 Å². The van der Waals surface area contributed by atoms with Gasteiger partial charge in [-0.25, -0.2) is 8.42 Å². The average molecular weight is 201 g/mol. The summed E-state index contributed by atoms with van der Waals surface area (Å²) in [5.74, 6) is 0. The molecule has 0 atom stereocenters. The summed E-state index contributed by atoms with van der Waals surface area (Å²) in [6.45, 7) is 3.35. The van der Waals surface area contributed by atoms with Crippen molar-refractivity contribution in [3.63, 3.8) is 0 Å². The van der Waals surface area contributed by atoms with Crippen molar-refractivity contribution in [2.75, 3.05) is 0 Å². The zero-order valence-corrected chi connectivity index (χ0v) is 8.76. The van der Waals surface area contributed by atoms with E-state index in [1.807, 2.05) is 6.08 Å². The van der Waals surface area contributed by atoms with E-state index in [1.54, 1.807) is 19.9 Å². The highest BCUT2D eigenvalue weighted by atomic mass is 32.2. The van der Waals surface area contributed by atoms with E-state index in [-0.39, 0.29) is 5.25 Å². The fraction of sp³-hybridized carbons (Fsp3) is 0.556. The molecule has 0 saturated heterocycles. The van der Waals surface area contributed by atoms with Crippen LogP contribution in [0.3, 0.4) is 0 Å². The molecule has 1 rings (SSSR count). The monoisotopic (exact) mass is 201 g/mol. The SMILES string of the molecule is CC(C)S(=O)(=O)C1=C(N)C=CCC1. The number of rotatable bonds is 2. The highest BCUT2D eigenvalue weighted by Crippen LogP contribution is 2.24. The molecule has 0 aromatic rings. The van der Waals surface area contributed by atoms with Gasteiger partial charge in [0.05, 0.1) is 10.2 Å². The molecule has 0 unspecified atom stereocenters. The Hall–Kier alpha value is -0.770. The van der Waals surface area contributed by atoms with Crippen LogP contribution in [0, 0.1) is 0 Å². The molecule has 0 fully saturated rings. The minimum atomic E-state index is -3.15. The summed E-state index contributed by atoms with van der Waals surface area (Å²) in [6.07, 6.45) is 4.89. The molecular formula is C9H15NO2S. The smallest absolute Gasteiger partial charge is 0.178 e. The maximum absolute atomic E-state index is 11.7. The van der Waals surface area contributed by atoms with Gasteiger partial charge in [0.2, 0.25) is 0 Å². The summed E-state index contributed by atoms with van der Waals surface area (Å²) in [7, 11) is -3.15. The van der Waals surface area contributed by atoms with Gasteiger partial charge in [0, 0.05) is 5.70 Å². The molecule has 0 bridgehead atoms. The number of hydrogen-bond acceptors (Lipinski definition) is 3. The Morgan fingerprint density at radius 2 is 2.08 bits per heavy atom. The molecule has 74 valence electrons. The minimum Gasteiger partial charge on any atom is -0.398 e. The van der Waals surface area contributed by atoms with Gasteiger partial charge < -0.3 is 5.73 Å². The van der Waals surface area contributed by atoms with Gasteiger partial charge in [-0.1, -0.05) is 6.08 Å². The first kappa shape index (κ1) is 10.3. The first-order valence-electron chi connectivity index (χ1n) is 4.35. The van der Waals surface area contributed by atoms with Gasteiger partial charge in [-0.2, -0.15) is 0 Å². The summed E-state index contributed by atoms with van der Waals surface area (Å²) in [6, 6.07) is 0. The lowest BCUT2D eigenvalue weighted by Gasteiger charge is -2.15. The number of sulfone groups is 1. The highest BCUT2D eigenvalue weighted by Gasteiger charge is 2.24. The van der Waals surface area contributed by atoms with Crippen molar-refractivity contribution in [1.82, 2.24) is 0 Å². The van der Waals surface area contributed by atoms with Crippen molar-refractivity contribution >= 4 is 9.84 Å². The molecule has 1 aliphatic carbocycles. The summed E-state index contributed by atoms with van der Waals surface area (Å²) in [5, 5.41) is -0.382. The van der Waals surface area contributed by atoms with Crippen molar-refractivity contribution in [2.24, 2.45) is 5.73 Å². The predicted octanol–water partition coefficient (Wildman–Crippen LogP) is 1.33. The summed E-state index contributed by atoms with van der Waals surface area (Å²) >= 11 is 0. The lowest BCUT2D eigenvalue weighted by Crippen LogP contribution is -2.20. The summed E-state index contributed by atoms with van der Waals surface area (Å²) in [4.78, 5) is 0.407. The van der Waals surface area contributed by atoms with Crippen LogP contribution in [-0.4, -0.2) is 13.7 Å². The van der Waals surface area contributed by atoms with Crippen molar-refractivity contribution < 1.29 is 8.42 Å². The van der Waals surface area contributed by atoms with Crippen molar-refractivity contribution in [2.45, 2.75) is 31.9 Å². The molecule has 2 N–H and O–H groups in total. The zero-order valence-electron chi connectivity index (χ0n) is 7.95. The molecule has 0 amide bonds. The van der Waals surface area contributed by atoms with Crippen LogP contribution in [0.4, 0.5) is 0 Å². The highest BCUT2D eigenvalue weighted by molar-refractivity contribution is 7.95. The second-order valence-electron chi connectivity index (χ2n) is 3.41. The molecule has 0 saturated carbocycles. The molecule has 3 nitrogen and oxygen atoms in total. The maximum atomic E-state index is 11.7. The Morgan fingerprint density at radius 1 is 1.46 bits per heavy atom. The first-order valence-corrected chi connectivity index (χ1v) is 5.90. The third-order valence-corrected chi connectivity index (χ3v) is 4.49. The van der Waals surface area contributed by atoms with Gasteiger partial charge in [0.15, 0.2) is 9.84 Å². The van der Waals surface area contributed by atoms with E-state index in [9.17, 15) is 8.42 Å². The topological polar surface area (TPSA) is 60.2 Å². The summed E-state index contributed by atoms with van der Waals surface area (Å²) < 4.78 is 23.4. The predicted molar refractivity (Wildman–Crippen MR) is 53.6 cm³/mol. The second kappa shape index (κ2) is 3.54. The van der Waals surface area contributed by atoms with Gasteiger partial charge >= 0.3 is 0 Å². The van der Waals surface area contributed by atoms with E-state index < -0.39 is 9.84 Å². The average Bonchev–Trinajstić information content (AvgIpc) is 2.04. The third kappa shape index (κ3) is 1.94. The molecule has 0 aromatic carbocycles. The van der Waals surface area contributed by atoms with Gasteiger partial charge in [-0.05, 0) is 32.8 Å². The van der Waals surface area contributed by atoms with Crippen LogP contribution in [0.15, 0.2) is 22.8 Å². The molecule has 0 aliphatic heterocycles. The number of nitrogens with two attached hydrogens (primary N) is 1. The Bertz CT molecular complexity index is 350. The van der Waals surface area contributed by atoms with Crippen LogP contribution < -0.4 is 5.73 Å². The molecule has 13 heavy (non-hydrogen) atoms. The number of hydrogen-bond donors (Lipinski definition) is 1.